The fourth-order valence-electron chi connectivity index (χ4n) is 7.54. The Hall–Kier alpha value is -2.62. The lowest BCUT2D eigenvalue weighted by Crippen LogP contribution is -2.39. The van der Waals surface area contributed by atoms with Gasteiger partial charge in [-0.05, 0) is 65.0 Å². The van der Waals surface area contributed by atoms with E-state index in [9.17, 15) is 0 Å². The van der Waals surface area contributed by atoms with Crippen molar-refractivity contribution < 1.29 is 0 Å². The lowest BCUT2D eigenvalue weighted by atomic mass is 9.85. The average molecular weight is 397 g/mol. The van der Waals surface area contributed by atoms with E-state index in [1.807, 2.05) is 0 Å². The highest BCUT2D eigenvalue weighted by Crippen LogP contribution is 2.67. The van der Waals surface area contributed by atoms with E-state index in [-0.39, 0.29) is 0 Å². The smallest absolute Gasteiger partial charge is 0.105 e. The fourth-order valence-corrected chi connectivity index (χ4v) is 7.54. The molecule has 0 radical (unpaired) electrons. The van der Waals surface area contributed by atoms with Crippen LogP contribution in [0.5, 0.6) is 0 Å². The molecule has 0 aromatic heterocycles. The van der Waals surface area contributed by atoms with Gasteiger partial charge in [-0.25, -0.2) is 0 Å². The van der Waals surface area contributed by atoms with Gasteiger partial charge < -0.3 is 19.6 Å². The van der Waals surface area contributed by atoms with E-state index in [1.165, 1.54) is 12.8 Å². The maximum Gasteiger partial charge on any atom is 0.105 e. The van der Waals surface area contributed by atoms with Crippen molar-refractivity contribution in [3.63, 3.8) is 0 Å². The van der Waals surface area contributed by atoms with E-state index in [0.717, 1.165) is 32.1 Å². The van der Waals surface area contributed by atoms with Crippen LogP contribution >= 0.6 is 0 Å². The van der Waals surface area contributed by atoms with Crippen molar-refractivity contribution in [3.8, 4) is 0 Å². The van der Waals surface area contributed by atoms with E-state index in [2.05, 4.69) is 75.6 Å². The molecule has 5 aliphatic heterocycles. The minimum Gasteiger partial charge on any atom is -0.352 e. The minimum atomic E-state index is 0.434. The summed E-state index contributed by atoms with van der Waals surface area (Å²) in [6, 6.07) is 7.12. The van der Waals surface area contributed by atoms with Crippen molar-refractivity contribution in [2.24, 2.45) is 11.8 Å². The second-order valence-electron chi connectivity index (χ2n) is 10.2. The first-order chi connectivity index (χ1) is 14.8. The molecule has 1 aromatic carbocycles. The molecular weight excluding hydrogens is 368 g/mol. The summed E-state index contributed by atoms with van der Waals surface area (Å²) < 4.78 is 0. The molecule has 5 atom stereocenters. The highest BCUT2D eigenvalue weighted by Gasteiger charge is 2.64. The molecule has 0 amide bonds. The zero-order chi connectivity index (χ0) is 19.6. The predicted octanol–water partition coefficient (Wildman–Crippen LogP) is 3.92. The summed E-state index contributed by atoms with van der Waals surface area (Å²) in [4.78, 5) is 10.4. The first-order valence-electron chi connectivity index (χ1n) is 11.7. The van der Waals surface area contributed by atoms with E-state index in [0.29, 0.717) is 24.2 Å². The molecular formula is C26H28N4. The Kier molecular flexibility index (Phi) is 2.87. The number of rotatable bonds is 0. The van der Waals surface area contributed by atoms with Crippen molar-refractivity contribution in [3.05, 3.63) is 82.5 Å². The number of allylic oxidation sites excluding steroid dienone is 1. The largest absolute Gasteiger partial charge is 0.352 e. The van der Waals surface area contributed by atoms with Crippen LogP contribution in [0.3, 0.4) is 0 Å². The summed E-state index contributed by atoms with van der Waals surface area (Å²) in [6.07, 6.45) is 15.4. The van der Waals surface area contributed by atoms with Crippen molar-refractivity contribution in [2.75, 3.05) is 13.1 Å². The van der Waals surface area contributed by atoms with Crippen LogP contribution in [0.2, 0.25) is 0 Å². The second-order valence-corrected chi connectivity index (χ2v) is 10.2. The lowest BCUT2D eigenvalue weighted by molar-refractivity contribution is 0.136. The summed E-state index contributed by atoms with van der Waals surface area (Å²) in [6.45, 7) is 6.66. The molecule has 30 heavy (non-hydrogen) atoms. The van der Waals surface area contributed by atoms with E-state index >= 15 is 0 Å². The van der Waals surface area contributed by atoms with Crippen molar-refractivity contribution in [2.45, 2.75) is 51.1 Å². The van der Waals surface area contributed by atoms with Crippen LogP contribution in [0, 0.1) is 11.8 Å². The Morgan fingerprint density at radius 1 is 0.800 bits per heavy atom. The van der Waals surface area contributed by atoms with Crippen LogP contribution in [0.4, 0.5) is 0 Å². The second kappa shape index (κ2) is 5.35. The Morgan fingerprint density at radius 2 is 1.50 bits per heavy atom. The zero-order valence-electron chi connectivity index (χ0n) is 17.5. The molecule has 2 fully saturated rings. The Morgan fingerprint density at radius 3 is 2.33 bits per heavy atom. The van der Waals surface area contributed by atoms with Crippen molar-refractivity contribution in [1.29, 1.82) is 0 Å². The molecule has 8 rings (SSSR count). The molecule has 1 aromatic rings. The fraction of sp³-hybridized carbons (Fsp3) is 0.462. The normalized spacial score (nSPS) is 36.6. The third-order valence-corrected chi connectivity index (χ3v) is 8.91. The molecule has 2 bridgehead atoms. The molecule has 4 heteroatoms. The third-order valence-electron chi connectivity index (χ3n) is 8.91. The van der Waals surface area contributed by atoms with Crippen LogP contribution in [0.15, 0.2) is 65.8 Å². The standard InChI is InChI=1S/C26H28N4/c1-16-27-8-9-28(16)13-18-5-3-7-20-15-30-11-10-29-14-19-6-2-4-17(12-27)21(19)23-24(22(18)20)25(23)26(29)30/h2,4,6-11,16,23-26H,3,5,12-15H2,1H3. The average Bonchev–Trinajstić information content (AvgIpc) is 3.27. The SMILES string of the molecule is CC1N2C=CN1Cc1cccc3c1C1C4C5=C(CCC=C5CN5C=CN(C3)C5C41)C2. The van der Waals surface area contributed by atoms with Gasteiger partial charge in [-0.1, -0.05) is 24.3 Å². The third kappa shape index (κ3) is 1.89. The molecule has 0 N–H and O–H groups in total. The van der Waals surface area contributed by atoms with Crippen LogP contribution in [0.1, 0.15) is 42.4 Å². The van der Waals surface area contributed by atoms with Gasteiger partial charge in [-0.15, -0.1) is 0 Å². The topological polar surface area (TPSA) is 13.0 Å². The number of hydrogen-bond acceptors (Lipinski definition) is 4. The quantitative estimate of drug-likeness (QED) is 0.659. The van der Waals surface area contributed by atoms with E-state index in [1.54, 1.807) is 33.4 Å². The maximum atomic E-state index is 2.66. The van der Waals surface area contributed by atoms with Crippen molar-refractivity contribution in [1.82, 2.24) is 19.6 Å². The summed E-state index contributed by atoms with van der Waals surface area (Å²) in [5.41, 5.74) is 9.93. The van der Waals surface area contributed by atoms with Gasteiger partial charge in [0, 0.05) is 56.9 Å². The molecule has 1 saturated carbocycles. The predicted molar refractivity (Wildman–Crippen MR) is 117 cm³/mol. The van der Waals surface area contributed by atoms with Gasteiger partial charge in [0.2, 0.25) is 0 Å². The van der Waals surface area contributed by atoms with Crippen LogP contribution in [-0.2, 0) is 13.1 Å². The zero-order valence-corrected chi connectivity index (χ0v) is 17.5. The monoisotopic (exact) mass is 396 g/mol. The van der Waals surface area contributed by atoms with Gasteiger partial charge in [-0.3, -0.25) is 0 Å². The molecule has 1 saturated heterocycles. The molecule has 152 valence electrons. The number of hydrogen-bond donors (Lipinski definition) is 0. The molecule has 7 aliphatic rings. The maximum absolute atomic E-state index is 2.66. The first-order valence-corrected chi connectivity index (χ1v) is 11.7. The van der Waals surface area contributed by atoms with Gasteiger partial charge in [0.1, 0.15) is 6.17 Å². The highest BCUT2D eigenvalue weighted by atomic mass is 15.4. The van der Waals surface area contributed by atoms with Gasteiger partial charge in [0.25, 0.3) is 0 Å². The number of fused-ring (bicyclic) bond motifs is 2. The minimum absolute atomic E-state index is 0.434. The van der Waals surface area contributed by atoms with Gasteiger partial charge in [0.05, 0.1) is 6.17 Å². The molecule has 5 heterocycles. The Labute approximate surface area is 178 Å². The summed E-state index contributed by atoms with van der Waals surface area (Å²) >= 11 is 0. The van der Waals surface area contributed by atoms with Crippen molar-refractivity contribution >= 4 is 0 Å². The van der Waals surface area contributed by atoms with Gasteiger partial charge >= 0.3 is 0 Å². The Bertz CT molecular complexity index is 1090. The van der Waals surface area contributed by atoms with Gasteiger partial charge in [-0.2, -0.15) is 0 Å². The molecule has 2 aliphatic carbocycles. The summed E-state index contributed by atoms with van der Waals surface area (Å²) in [7, 11) is 0. The van der Waals surface area contributed by atoms with E-state index in [4.69, 9.17) is 0 Å². The lowest BCUT2D eigenvalue weighted by Gasteiger charge is -2.33. The highest BCUT2D eigenvalue weighted by molar-refractivity contribution is 5.55. The van der Waals surface area contributed by atoms with E-state index < -0.39 is 0 Å². The molecule has 0 spiro atoms. The van der Waals surface area contributed by atoms with Crippen LogP contribution < -0.4 is 0 Å². The molecule has 4 nitrogen and oxygen atoms in total. The van der Waals surface area contributed by atoms with Crippen LogP contribution in [-0.4, -0.2) is 45.0 Å². The van der Waals surface area contributed by atoms with Crippen LogP contribution in [0.25, 0.3) is 0 Å². The number of benzene rings is 1. The molecule has 5 unspecified atom stereocenters. The Balaban J connectivity index is 1.41. The van der Waals surface area contributed by atoms with Gasteiger partial charge in [0.15, 0.2) is 0 Å². The number of nitrogens with zero attached hydrogens (tertiary/aromatic N) is 4. The summed E-state index contributed by atoms with van der Waals surface area (Å²) in [5, 5.41) is 0. The first kappa shape index (κ1) is 16.1. The summed E-state index contributed by atoms with van der Waals surface area (Å²) in [5.74, 6) is 2.12.